The van der Waals surface area contributed by atoms with Crippen molar-refractivity contribution >= 4 is 47.3 Å². The molecule has 0 saturated carbocycles. The van der Waals surface area contributed by atoms with Gasteiger partial charge in [0.15, 0.2) is 0 Å². The second kappa shape index (κ2) is 13.7. The smallest absolute Gasteiger partial charge is 0.258 e. The second-order valence-electron chi connectivity index (χ2n) is 8.58. The highest BCUT2D eigenvalue weighted by Crippen LogP contribution is 2.18. The van der Waals surface area contributed by atoms with E-state index in [1.165, 1.54) is 0 Å². The lowest BCUT2D eigenvalue weighted by atomic mass is 9.93. The fourth-order valence-corrected chi connectivity index (χ4v) is 3.58. The molecule has 2 atom stereocenters. The first-order valence-electron chi connectivity index (χ1n) is 11.8. The highest BCUT2D eigenvalue weighted by molar-refractivity contribution is 6.15. The maximum absolute atomic E-state index is 12.5. The van der Waals surface area contributed by atoms with E-state index >= 15 is 0 Å². The number of nitrogens with one attached hydrogen (secondary N) is 4. The van der Waals surface area contributed by atoms with Crippen LogP contribution in [0.25, 0.3) is 0 Å². The van der Waals surface area contributed by atoms with Crippen LogP contribution in [0.15, 0.2) is 24.3 Å². The van der Waals surface area contributed by atoms with E-state index in [0.717, 1.165) is 34.1 Å². The van der Waals surface area contributed by atoms with E-state index in [0.29, 0.717) is 32.1 Å². The molecule has 0 bridgehead atoms. The Morgan fingerprint density at radius 1 is 0.676 bits per heavy atom. The summed E-state index contributed by atoms with van der Waals surface area (Å²) < 4.78 is 0. The van der Waals surface area contributed by atoms with Gasteiger partial charge >= 0.3 is 0 Å². The molecule has 0 aromatic rings. The highest BCUT2D eigenvalue weighted by Gasteiger charge is 2.27. The average Bonchev–Trinajstić information content (AvgIpc) is 3.35. The first-order chi connectivity index (χ1) is 17.5. The van der Waals surface area contributed by atoms with Crippen LogP contribution in [0, 0.1) is 11.8 Å². The van der Waals surface area contributed by atoms with E-state index in [1.807, 2.05) is 6.92 Å². The SMILES string of the molecule is CCCC(CCCC(C)C(=O)NNC(=O)CN1C(=O)C=CC1=O)C(=O)NNC(=O)CN1C(=O)C=CC1=O. The second-order valence-corrected chi connectivity index (χ2v) is 8.58. The van der Waals surface area contributed by atoms with Gasteiger partial charge in [0.25, 0.3) is 35.4 Å². The van der Waals surface area contributed by atoms with Crippen LogP contribution in [0.4, 0.5) is 0 Å². The Morgan fingerprint density at radius 2 is 1.11 bits per heavy atom. The van der Waals surface area contributed by atoms with Crippen LogP contribution >= 0.6 is 0 Å². The van der Waals surface area contributed by atoms with Crippen LogP contribution in [0.5, 0.6) is 0 Å². The van der Waals surface area contributed by atoms with Crippen molar-refractivity contribution in [2.75, 3.05) is 13.1 Å². The normalized spacial score (nSPS) is 16.2. The summed E-state index contributed by atoms with van der Waals surface area (Å²) in [6.45, 7) is 2.50. The number of amides is 8. The molecule has 2 heterocycles. The third kappa shape index (κ3) is 8.66. The Bertz CT molecular complexity index is 1000. The Hall–Kier alpha value is -4.36. The third-order valence-corrected chi connectivity index (χ3v) is 5.70. The van der Waals surface area contributed by atoms with Crippen molar-refractivity contribution in [2.45, 2.75) is 46.0 Å². The third-order valence-electron chi connectivity index (χ3n) is 5.70. The van der Waals surface area contributed by atoms with Crippen LogP contribution in [0.2, 0.25) is 0 Å². The lowest BCUT2D eigenvalue weighted by Gasteiger charge is -2.19. The summed E-state index contributed by atoms with van der Waals surface area (Å²) in [4.78, 5) is 96.1. The van der Waals surface area contributed by atoms with Gasteiger partial charge in [-0.15, -0.1) is 0 Å². The van der Waals surface area contributed by atoms with Crippen LogP contribution in [0.3, 0.4) is 0 Å². The number of carbonyl (C=O) groups excluding carboxylic acids is 8. The van der Waals surface area contributed by atoms with Crippen molar-refractivity contribution in [2.24, 2.45) is 11.8 Å². The molecule has 2 aliphatic heterocycles. The Kier molecular flexibility index (Phi) is 10.7. The van der Waals surface area contributed by atoms with E-state index in [1.54, 1.807) is 6.92 Å². The van der Waals surface area contributed by atoms with Gasteiger partial charge in [-0.2, -0.15) is 0 Å². The molecular formula is C23H30N6O8. The van der Waals surface area contributed by atoms with Gasteiger partial charge in [-0.25, -0.2) is 0 Å². The van der Waals surface area contributed by atoms with Gasteiger partial charge in [-0.05, 0) is 19.3 Å². The minimum atomic E-state index is -0.734. The Balaban J connectivity index is 1.69. The standard InChI is InChI=1S/C23H30N6O8/c1-3-5-15(23(37)27-25-17(31)13-29-20(34)10-11-21(29)35)7-4-6-14(2)22(36)26-24-16(30)12-28-18(32)8-9-19(28)33/h8-11,14-15H,3-7,12-13H2,1-2H3,(H,24,30)(H,25,31)(H,26,36)(H,27,37). The van der Waals surface area contributed by atoms with E-state index in [-0.39, 0.29) is 0 Å². The topological polar surface area (TPSA) is 191 Å². The molecule has 14 heteroatoms. The minimum absolute atomic E-state index is 0.404. The molecule has 0 radical (unpaired) electrons. The monoisotopic (exact) mass is 518 g/mol. The van der Waals surface area contributed by atoms with Crippen LogP contribution in [-0.2, 0) is 38.4 Å². The van der Waals surface area contributed by atoms with Crippen molar-refractivity contribution < 1.29 is 38.4 Å². The summed E-state index contributed by atoms with van der Waals surface area (Å²) in [7, 11) is 0. The van der Waals surface area contributed by atoms with Crippen molar-refractivity contribution in [3.63, 3.8) is 0 Å². The van der Waals surface area contributed by atoms with E-state index < -0.39 is 72.2 Å². The largest absolute Gasteiger partial charge is 0.273 e. The first-order valence-corrected chi connectivity index (χ1v) is 11.8. The summed E-state index contributed by atoms with van der Waals surface area (Å²) in [5.74, 6) is -5.76. The summed E-state index contributed by atoms with van der Waals surface area (Å²) in [6, 6.07) is 0. The van der Waals surface area contributed by atoms with Crippen LogP contribution in [-0.4, -0.2) is 70.1 Å². The van der Waals surface area contributed by atoms with Gasteiger partial charge in [0.05, 0.1) is 0 Å². The Labute approximate surface area is 212 Å². The molecule has 4 N–H and O–H groups in total. The maximum atomic E-state index is 12.5. The zero-order valence-corrected chi connectivity index (χ0v) is 20.6. The fraction of sp³-hybridized carbons (Fsp3) is 0.478. The minimum Gasteiger partial charge on any atom is -0.273 e. The number of carbonyl (C=O) groups is 8. The molecule has 14 nitrogen and oxygen atoms in total. The summed E-state index contributed by atoms with van der Waals surface area (Å²) in [5.41, 5.74) is 8.92. The fourth-order valence-electron chi connectivity index (χ4n) is 3.58. The van der Waals surface area contributed by atoms with Crippen LogP contribution in [0.1, 0.15) is 46.0 Å². The number of hydrogen-bond donors (Lipinski definition) is 4. The zero-order chi connectivity index (χ0) is 27.5. The van der Waals surface area contributed by atoms with Gasteiger partial charge in [0.1, 0.15) is 13.1 Å². The van der Waals surface area contributed by atoms with Crippen molar-refractivity contribution in [3.8, 4) is 0 Å². The van der Waals surface area contributed by atoms with E-state index in [4.69, 9.17) is 0 Å². The molecule has 0 fully saturated rings. The molecule has 200 valence electrons. The van der Waals surface area contributed by atoms with Gasteiger partial charge in [-0.3, -0.25) is 69.9 Å². The van der Waals surface area contributed by atoms with Gasteiger partial charge < -0.3 is 0 Å². The van der Waals surface area contributed by atoms with Crippen LogP contribution < -0.4 is 21.7 Å². The van der Waals surface area contributed by atoms with Crippen molar-refractivity contribution in [1.82, 2.24) is 31.5 Å². The van der Waals surface area contributed by atoms with E-state index in [2.05, 4.69) is 21.7 Å². The predicted octanol–water partition coefficient (Wildman–Crippen LogP) is -1.65. The molecule has 2 aliphatic rings. The number of hydrogen-bond acceptors (Lipinski definition) is 8. The molecule has 0 aliphatic carbocycles. The Morgan fingerprint density at radius 3 is 1.54 bits per heavy atom. The molecule has 0 spiro atoms. The highest BCUT2D eigenvalue weighted by atomic mass is 16.2. The zero-order valence-electron chi connectivity index (χ0n) is 20.6. The molecule has 2 unspecified atom stereocenters. The molecule has 37 heavy (non-hydrogen) atoms. The van der Waals surface area contributed by atoms with E-state index in [9.17, 15) is 38.4 Å². The molecule has 0 aromatic carbocycles. The molecule has 2 rings (SSSR count). The quantitative estimate of drug-likeness (QED) is 0.174. The first kappa shape index (κ1) is 28.9. The lowest BCUT2D eigenvalue weighted by Crippen LogP contribution is -2.49. The van der Waals surface area contributed by atoms with Crippen molar-refractivity contribution in [1.29, 1.82) is 0 Å². The van der Waals surface area contributed by atoms with Gasteiger partial charge in [-0.1, -0.05) is 26.7 Å². The van der Waals surface area contributed by atoms with Gasteiger partial charge in [0.2, 0.25) is 11.8 Å². The lowest BCUT2D eigenvalue weighted by molar-refractivity contribution is -0.142. The molecular weight excluding hydrogens is 488 g/mol. The summed E-state index contributed by atoms with van der Waals surface area (Å²) in [5, 5.41) is 0. The molecule has 0 saturated heterocycles. The number of hydrazine groups is 2. The molecule has 8 amide bonds. The predicted molar refractivity (Wildman–Crippen MR) is 126 cm³/mol. The summed E-state index contributed by atoms with van der Waals surface area (Å²) in [6.07, 6.45) is 6.77. The molecule has 0 aromatic heterocycles. The number of nitrogens with zero attached hydrogens (tertiary/aromatic N) is 2. The summed E-state index contributed by atoms with van der Waals surface area (Å²) >= 11 is 0. The number of rotatable bonds is 12. The van der Waals surface area contributed by atoms with Crippen molar-refractivity contribution in [3.05, 3.63) is 24.3 Å². The average molecular weight is 519 g/mol. The van der Waals surface area contributed by atoms with Gasteiger partial charge in [0, 0.05) is 36.1 Å². The number of imide groups is 2. The maximum Gasteiger partial charge on any atom is 0.258 e.